The lowest BCUT2D eigenvalue weighted by molar-refractivity contribution is 0.191. The molecule has 1 atom stereocenters. The van der Waals surface area contributed by atoms with Crippen molar-refractivity contribution in [1.82, 2.24) is 20.2 Å². The lowest BCUT2D eigenvalue weighted by Gasteiger charge is -2.32. The molecule has 0 aromatic carbocycles. The van der Waals surface area contributed by atoms with E-state index < -0.39 is 0 Å². The number of pyridine rings is 1. The summed E-state index contributed by atoms with van der Waals surface area (Å²) in [5.41, 5.74) is 1.47. The molecule has 2 aromatic rings. The lowest BCUT2D eigenvalue weighted by Crippen LogP contribution is -2.50. The van der Waals surface area contributed by atoms with E-state index in [1.807, 2.05) is 12.1 Å². The van der Waals surface area contributed by atoms with Gasteiger partial charge in [-0.1, -0.05) is 0 Å². The molecule has 0 saturated carbocycles. The SMILES string of the molecule is CN1CCNCC1Cc1nc2ncccc2o1. The summed E-state index contributed by atoms with van der Waals surface area (Å²) in [6.45, 7) is 3.12. The quantitative estimate of drug-likeness (QED) is 0.824. The van der Waals surface area contributed by atoms with Gasteiger partial charge in [-0.2, -0.15) is 4.98 Å². The summed E-state index contributed by atoms with van der Waals surface area (Å²) in [5, 5.41) is 3.39. The van der Waals surface area contributed by atoms with Gasteiger partial charge in [0.25, 0.3) is 0 Å². The molecule has 0 radical (unpaired) electrons. The van der Waals surface area contributed by atoms with Crippen LogP contribution in [0.1, 0.15) is 5.89 Å². The van der Waals surface area contributed by atoms with Gasteiger partial charge in [-0.25, -0.2) is 4.98 Å². The third kappa shape index (κ3) is 2.16. The van der Waals surface area contributed by atoms with Crippen LogP contribution in [0.25, 0.3) is 11.2 Å². The topological polar surface area (TPSA) is 54.2 Å². The fourth-order valence-corrected chi connectivity index (χ4v) is 2.19. The molecule has 1 saturated heterocycles. The highest BCUT2D eigenvalue weighted by Gasteiger charge is 2.21. The average Bonchev–Trinajstić information content (AvgIpc) is 2.74. The Labute approximate surface area is 99.8 Å². The van der Waals surface area contributed by atoms with E-state index in [-0.39, 0.29) is 0 Å². The van der Waals surface area contributed by atoms with E-state index in [0.717, 1.165) is 37.5 Å². The van der Waals surface area contributed by atoms with E-state index in [1.165, 1.54) is 0 Å². The Kier molecular flexibility index (Phi) is 2.78. The van der Waals surface area contributed by atoms with Crippen LogP contribution in [0.3, 0.4) is 0 Å². The van der Waals surface area contributed by atoms with E-state index in [0.29, 0.717) is 11.7 Å². The Bertz CT molecular complexity index is 477. The number of rotatable bonds is 2. The molecule has 1 unspecified atom stereocenters. The molecule has 3 heterocycles. The van der Waals surface area contributed by atoms with E-state index >= 15 is 0 Å². The van der Waals surface area contributed by atoms with Crippen LogP contribution >= 0.6 is 0 Å². The first-order valence-electron chi connectivity index (χ1n) is 5.94. The molecule has 0 bridgehead atoms. The zero-order valence-corrected chi connectivity index (χ0v) is 9.89. The first kappa shape index (κ1) is 10.7. The first-order chi connectivity index (χ1) is 8.33. The molecule has 1 N–H and O–H groups in total. The summed E-state index contributed by atoms with van der Waals surface area (Å²) in [7, 11) is 2.15. The Hall–Kier alpha value is -1.46. The smallest absolute Gasteiger partial charge is 0.198 e. The summed E-state index contributed by atoms with van der Waals surface area (Å²) in [6, 6.07) is 4.23. The van der Waals surface area contributed by atoms with Crippen molar-refractivity contribution in [2.24, 2.45) is 0 Å². The maximum Gasteiger partial charge on any atom is 0.198 e. The van der Waals surface area contributed by atoms with E-state index in [1.54, 1.807) is 6.20 Å². The van der Waals surface area contributed by atoms with Crippen LogP contribution in [-0.4, -0.2) is 47.6 Å². The van der Waals surface area contributed by atoms with E-state index in [4.69, 9.17) is 4.42 Å². The van der Waals surface area contributed by atoms with Crippen molar-refractivity contribution in [3.05, 3.63) is 24.2 Å². The van der Waals surface area contributed by atoms with Gasteiger partial charge >= 0.3 is 0 Å². The predicted molar refractivity (Wildman–Crippen MR) is 64.8 cm³/mol. The van der Waals surface area contributed by atoms with Gasteiger partial charge in [0.1, 0.15) is 0 Å². The van der Waals surface area contributed by atoms with Gasteiger partial charge in [-0.15, -0.1) is 0 Å². The Morgan fingerprint density at radius 1 is 1.59 bits per heavy atom. The molecule has 90 valence electrons. The summed E-state index contributed by atoms with van der Waals surface area (Å²) >= 11 is 0. The predicted octanol–water partition coefficient (Wildman–Crippen LogP) is 0.669. The average molecular weight is 232 g/mol. The normalized spacial score (nSPS) is 22.1. The molecule has 0 amide bonds. The molecule has 5 heteroatoms. The standard InChI is InChI=1S/C12H16N4O/c1-16-6-5-13-8-9(16)7-11-15-12-10(17-11)3-2-4-14-12/h2-4,9,13H,5-8H2,1H3. The van der Waals surface area contributed by atoms with Crippen molar-refractivity contribution in [2.45, 2.75) is 12.5 Å². The number of fused-ring (bicyclic) bond motifs is 1. The molecular weight excluding hydrogens is 216 g/mol. The molecule has 1 aliphatic rings. The van der Waals surface area contributed by atoms with Crippen molar-refractivity contribution in [2.75, 3.05) is 26.7 Å². The molecule has 17 heavy (non-hydrogen) atoms. The van der Waals surface area contributed by atoms with Crippen LogP contribution in [0.2, 0.25) is 0 Å². The largest absolute Gasteiger partial charge is 0.439 e. The van der Waals surface area contributed by atoms with Gasteiger partial charge in [0, 0.05) is 38.3 Å². The number of aromatic nitrogens is 2. The zero-order chi connectivity index (χ0) is 11.7. The second-order valence-electron chi connectivity index (χ2n) is 4.48. The van der Waals surface area contributed by atoms with Crippen LogP contribution in [0.15, 0.2) is 22.7 Å². The second-order valence-corrected chi connectivity index (χ2v) is 4.48. The fraction of sp³-hybridized carbons (Fsp3) is 0.500. The van der Waals surface area contributed by atoms with Crippen molar-refractivity contribution < 1.29 is 4.42 Å². The monoisotopic (exact) mass is 232 g/mol. The fourth-order valence-electron chi connectivity index (χ4n) is 2.19. The summed E-state index contributed by atoms with van der Waals surface area (Å²) in [5.74, 6) is 0.777. The van der Waals surface area contributed by atoms with Gasteiger partial charge in [-0.3, -0.25) is 0 Å². The van der Waals surface area contributed by atoms with E-state index in [2.05, 4.69) is 27.2 Å². The summed E-state index contributed by atoms with van der Waals surface area (Å²) in [4.78, 5) is 10.9. The number of oxazole rings is 1. The van der Waals surface area contributed by atoms with Gasteiger partial charge in [0.2, 0.25) is 0 Å². The molecule has 2 aromatic heterocycles. The first-order valence-corrected chi connectivity index (χ1v) is 5.94. The van der Waals surface area contributed by atoms with Gasteiger partial charge in [-0.05, 0) is 19.2 Å². The van der Waals surface area contributed by atoms with Crippen LogP contribution in [-0.2, 0) is 6.42 Å². The minimum Gasteiger partial charge on any atom is -0.439 e. The van der Waals surface area contributed by atoms with Gasteiger partial charge in [0.05, 0.1) is 0 Å². The highest BCUT2D eigenvalue weighted by molar-refractivity contribution is 5.66. The number of nitrogens with one attached hydrogen (secondary N) is 1. The van der Waals surface area contributed by atoms with E-state index in [9.17, 15) is 0 Å². The Morgan fingerprint density at radius 2 is 2.53 bits per heavy atom. The lowest BCUT2D eigenvalue weighted by atomic mass is 10.1. The van der Waals surface area contributed by atoms with Crippen LogP contribution in [0.4, 0.5) is 0 Å². The molecule has 5 nitrogen and oxygen atoms in total. The van der Waals surface area contributed by atoms with Gasteiger partial charge < -0.3 is 14.6 Å². The van der Waals surface area contributed by atoms with Crippen LogP contribution in [0.5, 0.6) is 0 Å². The number of hydrogen-bond donors (Lipinski definition) is 1. The molecule has 1 fully saturated rings. The number of hydrogen-bond acceptors (Lipinski definition) is 5. The van der Waals surface area contributed by atoms with Crippen LogP contribution < -0.4 is 5.32 Å². The highest BCUT2D eigenvalue weighted by atomic mass is 16.3. The van der Waals surface area contributed by atoms with Crippen molar-refractivity contribution in [3.8, 4) is 0 Å². The molecular formula is C12H16N4O. The summed E-state index contributed by atoms with van der Waals surface area (Å²) < 4.78 is 5.69. The minimum atomic E-state index is 0.455. The number of nitrogens with zero attached hydrogens (tertiary/aromatic N) is 3. The second kappa shape index (κ2) is 4.43. The maximum absolute atomic E-state index is 5.69. The van der Waals surface area contributed by atoms with Crippen LogP contribution in [0, 0.1) is 0 Å². The molecule has 1 aliphatic heterocycles. The maximum atomic E-state index is 5.69. The summed E-state index contributed by atoms with van der Waals surface area (Å²) in [6.07, 6.45) is 2.57. The highest BCUT2D eigenvalue weighted by Crippen LogP contribution is 2.15. The Balaban J connectivity index is 1.79. The Morgan fingerprint density at radius 3 is 3.35 bits per heavy atom. The number of piperazine rings is 1. The minimum absolute atomic E-state index is 0.455. The molecule has 0 spiro atoms. The van der Waals surface area contributed by atoms with Crippen molar-refractivity contribution in [3.63, 3.8) is 0 Å². The third-order valence-electron chi connectivity index (χ3n) is 3.26. The van der Waals surface area contributed by atoms with Crippen molar-refractivity contribution >= 4 is 11.2 Å². The zero-order valence-electron chi connectivity index (χ0n) is 9.89. The number of likely N-dealkylation sites (N-methyl/N-ethyl adjacent to an activating group) is 1. The van der Waals surface area contributed by atoms with Crippen molar-refractivity contribution in [1.29, 1.82) is 0 Å². The third-order valence-corrected chi connectivity index (χ3v) is 3.26. The van der Waals surface area contributed by atoms with Gasteiger partial charge in [0.15, 0.2) is 17.1 Å². The molecule has 3 rings (SSSR count). The molecule has 0 aliphatic carbocycles.